The van der Waals surface area contributed by atoms with Crippen molar-refractivity contribution in [3.63, 3.8) is 0 Å². The number of likely N-dealkylation sites (N-methyl/N-ethyl adjacent to an activating group) is 1. The average molecular weight is 347 g/mol. The number of benzene rings is 1. The summed E-state index contributed by atoms with van der Waals surface area (Å²) in [6, 6.07) is 7.50. The molecule has 0 spiro atoms. The van der Waals surface area contributed by atoms with Gasteiger partial charge in [0.1, 0.15) is 0 Å². The number of carbonyl (C=O) groups excluding carboxylic acids is 2. The quantitative estimate of drug-likeness (QED) is 0.682. The van der Waals surface area contributed by atoms with Gasteiger partial charge in [0.25, 0.3) is 0 Å². The maximum atomic E-state index is 11.5. The third-order valence-corrected chi connectivity index (χ3v) is 2.94. The Morgan fingerprint density at radius 1 is 1.18 bits per heavy atom. The van der Waals surface area contributed by atoms with Gasteiger partial charge in [-0.2, -0.15) is 0 Å². The molecule has 0 saturated heterocycles. The van der Waals surface area contributed by atoms with Crippen molar-refractivity contribution < 1.29 is 9.59 Å². The van der Waals surface area contributed by atoms with Gasteiger partial charge in [0.2, 0.25) is 11.8 Å². The van der Waals surface area contributed by atoms with Crippen LogP contribution < -0.4 is 16.0 Å². The molecule has 0 aromatic heterocycles. The highest BCUT2D eigenvalue weighted by molar-refractivity contribution is 14.1. The molecule has 0 fully saturated rings. The Hall–Kier alpha value is -1.15. The first-order valence-corrected chi connectivity index (χ1v) is 6.17. The maximum absolute atomic E-state index is 11.5. The Balaban J connectivity index is 2.35. The first-order valence-electron chi connectivity index (χ1n) is 5.09. The van der Waals surface area contributed by atoms with Gasteiger partial charge in [-0.15, -0.1) is 0 Å². The van der Waals surface area contributed by atoms with Crippen molar-refractivity contribution in [3.05, 3.63) is 27.8 Å². The molecule has 0 atom stereocenters. The Labute approximate surface area is 113 Å². The van der Waals surface area contributed by atoms with Crippen molar-refractivity contribution >= 4 is 40.1 Å². The van der Waals surface area contributed by atoms with Crippen molar-refractivity contribution in [2.75, 3.05) is 25.5 Å². The molecule has 1 aromatic rings. The van der Waals surface area contributed by atoms with Crippen molar-refractivity contribution in [2.45, 2.75) is 0 Å². The summed E-state index contributed by atoms with van der Waals surface area (Å²) in [4.78, 5) is 22.4. The topological polar surface area (TPSA) is 70.2 Å². The number of amides is 2. The molecule has 3 N–H and O–H groups in total. The summed E-state index contributed by atoms with van der Waals surface area (Å²) < 4.78 is 0.977. The lowest BCUT2D eigenvalue weighted by atomic mass is 10.3. The second kappa shape index (κ2) is 7.23. The number of anilines is 1. The normalized spacial score (nSPS) is 9.76. The van der Waals surface area contributed by atoms with Gasteiger partial charge >= 0.3 is 0 Å². The predicted molar refractivity (Wildman–Crippen MR) is 74.7 cm³/mol. The van der Waals surface area contributed by atoms with Crippen LogP contribution >= 0.6 is 22.6 Å². The van der Waals surface area contributed by atoms with Crippen LogP contribution in [-0.2, 0) is 9.59 Å². The summed E-state index contributed by atoms with van der Waals surface area (Å²) in [7, 11) is 1.55. The third kappa shape index (κ3) is 5.14. The first kappa shape index (κ1) is 13.9. The van der Waals surface area contributed by atoms with Crippen LogP contribution in [0.1, 0.15) is 0 Å². The van der Waals surface area contributed by atoms with E-state index in [1.807, 2.05) is 24.3 Å². The van der Waals surface area contributed by atoms with E-state index in [0.717, 1.165) is 9.26 Å². The first-order chi connectivity index (χ1) is 8.13. The summed E-state index contributed by atoms with van der Waals surface area (Å²) >= 11 is 2.15. The summed E-state index contributed by atoms with van der Waals surface area (Å²) in [6.07, 6.45) is 0. The highest BCUT2D eigenvalue weighted by Gasteiger charge is 2.05. The zero-order valence-corrected chi connectivity index (χ0v) is 11.6. The van der Waals surface area contributed by atoms with Crippen LogP contribution in [0.25, 0.3) is 0 Å². The zero-order chi connectivity index (χ0) is 12.7. The van der Waals surface area contributed by atoms with Crippen LogP contribution in [0.15, 0.2) is 24.3 Å². The van der Waals surface area contributed by atoms with E-state index in [0.29, 0.717) is 0 Å². The lowest BCUT2D eigenvalue weighted by Crippen LogP contribution is -2.36. The van der Waals surface area contributed by atoms with E-state index in [2.05, 4.69) is 38.5 Å². The smallest absolute Gasteiger partial charge is 0.238 e. The second-order valence-electron chi connectivity index (χ2n) is 3.30. The molecule has 92 valence electrons. The van der Waals surface area contributed by atoms with E-state index in [-0.39, 0.29) is 24.9 Å². The number of para-hydroxylation sites is 1. The largest absolute Gasteiger partial charge is 0.358 e. The molecule has 0 bridgehead atoms. The molecule has 1 aromatic carbocycles. The molecular formula is C11H14IN3O2. The molecule has 0 aliphatic rings. The van der Waals surface area contributed by atoms with Crippen LogP contribution in [-0.4, -0.2) is 32.0 Å². The fraction of sp³-hybridized carbons (Fsp3) is 0.273. The molecule has 0 unspecified atom stereocenters. The van der Waals surface area contributed by atoms with Crippen LogP contribution in [0.3, 0.4) is 0 Å². The molecule has 0 heterocycles. The van der Waals surface area contributed by atoms with Crippen LogP contribution in [0, 0.1) is 3.57 Å². The second-order valence-corrected chi connectivity index (χ2v) is 4.47. The van der Waals surface area contributed by atoms with Gasteiger partial charge in [0.05, 0.1) is 18.8 Å². The lowest BCUT2D eigenvalue weighted by molar-refractivity contribution is -0.119. The fourth-order valence-corrected chi connectivity index (χ4v) is 1.66. The van der Waals surface area contributed by atoms with Gasteiger partial charge in [0.15, 0.2) is 0 Å². The molecule has 2 amide bonds. The lowest BCUT2D eigenvalue weighted by Gasteiger charge is -2.07. The zero-order valence-electron chi connectivity index (χ0n) is 9.42. The predicted octanol–water partition coefficient (Wildman–Crippen LogP) is 0.565. The van der Waals surface area contributed by atoms with E-state index in [1.54, 1.807) is 7.05 Å². The highest BCUT2D eigenvalue weighted by atomic mass is 127. The summed E-state index contributed by atoms with van der Waals surface area (Å²) in [5, 5.41) is 7.97. The minimum Gasteiger partial charge on any atom is -0.358 e. The number of hydrogen-bond donors (Lipinski definition) is 3. The number of rotatable bonds is 5. The fourth-order valence-electron chi connectivity index (χ4n) is 1.13. The third-order valence-electron chi connectivity index (χ3n) is 2.00. The van der Waals surface area contributed by atoms with Crippen molar-refractivity contribution in [3.8, 4) is 0 Å². The van der Waals surface area contributed by atoms with E-state index in [1.165, 1.54) is 0 Å². The number of halogens is 1. The SMILES string of the molecule is CNC(=O)CNCC(=O)Nc1ccccc1I. The van der Waals surface area contributed by atoms with E-state index < -0.39 is 0 Å². The summed E-state index contributed by atoms with van der Waals surface area (Å²) in [5.41, 5.74) is 0.778. The number of carbonyl (C=O) groups is 2. The molecule has 17 heavy (non-hydrogen) atoms. The van der Waals surface area contributed by atoms with Crippen molar-refractivity contribution in [2.24, 2.45) is 0 Å². The van der Waals surface area contributed by atoms with Crippen LogP contribution in [0.5, 0.6) is 0 Å². The van der Waals surface area contributed by atoms with Gasteiger partial charge in [-0.25, -0.2) is 0 Å². The van der Waals surface area contributed by atoms with Gasteiger partial charge < -0.3 is 10.6 Å². The molecule has 0 aliphatic heterocycles. The molecule has 6 heteroatoms. The summed E-state index contributed by atoms with van der Waals surface area (Å²) in [6.45, 7) is 0.244. The Morgan fingerprint density at radius 2 is 1.82 bits per heavy atom. The van der Waals surface area contributed by atoms with Crippen LogP contribution in [0.2, 0.25) is 0 Å². The maximum Gasteiger partial charge on any atom is 0.238 e. The van der Waals surface area contributed by atoms with Crippen molar-refractivity contribution in [1.82, 2.24) is 10.6 Å². The van der Waals surface area contributed by atoms with E-state index in [9.17, 15) is 9.59 Å². The van der Waals surface area contributed by atoms with Gasteiger partial charge in [-0.05, 0) is 34.7 Å². The molecule has 1 rings (SSSR count). The highest BCUT2D eigenvalue weighted by Crippen LogP contribution is 2.16. The van der Waals surface area contributed by atoms with E-state index >= 15 is 0 Å². The summed E-state index contributed by atoms with van der Waals surface area (Å²) in [5.74, 6) is -0.315. The van der Waals surface area contributed by atoms with E-state index in [4.69, 9.17) is 0 Å². The Morgan fingerprint density at radius 3 is 2.47 bits per heavy atom. The molecular weight excluding hydrogens is 333 g/mol. The molecule has 0 aliphatic carbocycles. The standard InChI is InChI=1S/C11H14IN3O2/c1-13-10(16)6-14-7-11(17)15-9-5-3-2-4-8(9)12/h2-5,14H,6-7H2,1H3,(H,13,16)(H,15,17). The Kier molecular flexibility index (Phi) is 5.92. The average Bonchev–Trinajstić information content (AvgIpc) is 2.32. The minimum atomic E-state index is -0.169. The van der Waals surface area contributed by atoms with Crippen LogP contribution in [0.4, 0.5) is 5.69 Å². The Bertz CT molecular complexity index is 409. The van der Waals surface area contributed by atoms with Gasteiger partial charge in [-0.3, -0.25) is 14.9 Å². The minimum absolute atomic E-state index is 0.110. The molecule has 5 nitrogen and oxygen atoms in total. The number of nitrogens with one attached hydrogen (secondary N) is 3. The van der Waals surface area contributed by atoms with Crippen molar-refractivity contribution in [1.29, 1.82) is 0 Å². The molecule has 0 radical (unpaired) electrons. The van der Waals surface area contributed by atoms with Gasteiger partial charge in [0, 0.05) is 10.6 Å². The molecule has 0 saturated carbocycles. The number of hydrogen-bond acceptors (Lipinski definition) is 3. The van der Waals surface area contributed by atoms with Gasteiger partial charge in [-0.1, -0.05) is 12.1 Å². The monoisotopic (exact) mass is 347 g/mol.